The van der Waals surface area contributed by atoms with Crippen molar-refractivity contribution in [3.8, 4) is 0 Å². The number of morpholine rings is 1. The van der Waals surface area contributed by atoms with Crippen molar-refractivity contribution in [2.45, 2.75) is 0 Å². The maximum Gasteiger partial charge on any atom is 0.292 e. The molecule has 0 saturated carbocycles. The molecule has 1 fully saturated rings. The number of nitrogen functional groups attached to an aromatic ring is 1. The van der Waals surface area contributed by atoms with E-state index in [1.54, 1.807) is 4.90 Å². The van der Waals surface area contributed by atoms with Gasteiger partial charge in [-0.05, 0) is 12.1 Å². The molecule has 2 N–H and O–H groups in total. The zero-order chi connectivity index (χ0) is 13.1. The number of hydrogen-bond acceptors (Lipinski definition) is 5. The molecule has 0 aliphatic carbocycles. The molecule has 0 radical (unpaired) electrons. The Labute approximate surface area is 103 Å². The quantitative estimate of drug-likeness (QED) is 0.472. The van der Waals surface area contributed by atoms with Crippen molar-refractivity contribution in [2.24, 2.45) is 0 Å². The maximum atomic E-state index is 12.1. The van der Waals surface area contributed by atoms with Crippen molar-refractivity contribution < 1.29 is 14.5 Å². The predicted octanol–water partition coefficient (Wildman–Crippen LogP) is 0.649. The first-order chi connectivity index (χ1) is 8.59. The van der Waals surface area contributed by atoms with Crippen molar-refractivity contribution in [3.05, 3.63) is 33.9 Å². The summed E-state index contributed by atoms with van der Waals surface area (Å²) < 4.78 is 5.15. The Balaban J connectivity index is 2.20. The topological polar surface area (TPSA) is 98.7 Å². The molecule has 0 aromatic heterocycles. The highest BCUT2D eigenvalue weighted by atomic mass is 16.6. The van der Waals surface area contributed by atoms with Crippen LogP contribution in [-0.4, -0.2) is 42.0 Å². The van der Waals surface area contributed by atoms with Crippen LogP contribution in [0.5, 0.6) is 0 Å². The van der Waals surface area contributed by atoms with E-state index in [0.29, 0.717) is 31.9 Å². The number of ether oxygens (including phenoxy) is 1. The Morgan fingerprint density at radius 1 is 1.39 bits per heavy atom. The van der Waals surface area contributed by atoms with E-state index >= 15 is 0 Å². The highest BCUT2D eigenvalue weighted by Gasteiger charge is 2.20. The third-order valence-electron chi connectivity index (χ3n) is 2.77. The first-order valence-corrected chi connectivity index (χ1v) is 5.50. The molecule has 1 aliphatic rings. The minimum Gasteiger partial charge on any atom is -0.393 e. The van der Waals surface area contributed by atoms with E-state index in [4.69, 9.17) is 10.5 Å². The predicted molar refractivity (Wildman–Crippen MR) is 64.2 cm³/mol. The molecule has 1 aliphatic heterocycles. The molecule has 0 spiro atoms. The number of hydrogen-bond donors (Lipinski definition) is 1. The van der Waals surface area contributed by atoms with Gasteiger partial charge in [0.1, 0.15) is 5.69 Å². The Hall–Kier alpha value is -2.15. The van der Waals surface area contributed by atoms with Crippen molar-refractivity contribution in [3.63, 3.8) is 0 Å². The van der Waals surface area contributed by atoms with Gasteiger partial charge in [0.05, 0.1) is 18.1 Å². The maximum absolute atomic E-state index is 12.1. The number of carbonyl (C=O) groups excluding carboxylic acids is 1. The average Bonchev–Trinajstić information content (AvgIpc) is 2.38. The zero-order valence-corrected chi connectivity index (χ0v) is 9.67. The fourth-order valence-corrected chi connectivity index (χ4v) is 1.80. The van der Waals surface area contributed by atoms with E-state index in [-0.39, 0.29) is 17.3 Å². The molecular formula is C11H13N3O4. The van der Waals surface area contributed by atoms with Crippen LogP contribution >= 0.6 is 0 Å². The SMILES string of the molecule is Nc1cc(C(=O)N2CCOCC2)ccc1[N+](=O)[O-]. The molecule has 0 unspecified atom stereocenters. The summed E-state index contributed by atoms with van der Waals surface area (Å²) in [6, 6.07) is 4.02. The molecule has 0 atom stereocenters. The molecule has 7 nitrogen and oxygen atoms in total. The van der Waals surface area contributed by atoms with Crippen LogP contribution in [0, 0.1) is 10.1 Å². The first-order valence-electron chi connectivity index (χ1n) is 5.50. The Kier molecular flexibility index (Phi) is 3.42. The fraction of sp³-hybridized carbons (Fsp3) is 0.364. The largest absolute Gasteiger partial charge is 0.393 e. The smallest absolute Gasteiger partial charge is 0.292 e. The lowest BCUT2D eigenvalue weighted by atomic mass is 10.1. The number of nitro benzene ring substituents is 1. The number of nitrogens with zero attached hydrogens (tertiary/aromatic N) is 2. The van der Waals surface area contributed by atoms with Crippen LogP contribution in [0.1, 0.15) is 10.4 Å². The second-order valence-corrected chi connectivity index (χ2v) is 3.94. The van der Waals surface area contributed by atoms with Gasteiger partial charge >= 0.3 is 0 Å². The number of benzene rings is 1. The standard InChI is InChI=1S/C11H13N3O4/c12-9-7-8(1-2-10(9)14(16)17)11(15)13-3-5-18-6-4-13/h1-2,7H,3-6,12H2. The van der Waals surface area contributed by atoms with E-state index in [2.05, 4.69) is 0 Å². The second-order valence-electron chi connectivity index (χ2n) is 3.94. The van der Waals surface area contributed by atoms with Gasteiger partial charge in [-0.15, -0.1) is 0 Å². The summed E-state index contributed by atoms with van der Waals surface area (Å²) in [6.07, 6.45) is 0. The van der Waals surface area contributed by atoms with Crippen LogP contribution in [0.25, 0.3) is 0 Å². The number of nitrogens with two attached hydrogens (primary N) is 1. The highest BCUT2D eigenvalue weighted by molar-refractivity contribution is 5.95. The molecule has 18 heavy (non-hydrogen) atoms. The third-order valence-corrected chi connectivity index (χ3v) is 2.77. The van der Waals surface area contributed by atoms with Gasteiger partial charge in [-0.3, -0.25) is 14.9 Å². The molecule has 1 aromatic rings. The van der Waals surface area contributed by atoms with Crippen molar-refractivity contribution in [1.29, 1.82) is 0 Å². The lowest BCUT2D eigenvalue weighted by Crippen LogP contribution is -2.40. The van der Waals surface area contributed by atoms with Gasteiger partial charge in [0.25, 0.3) is 11.6 Å². The fourth-order valence-electron chi connectivity index (χ4n) is 1.80. The summed E-state index contributed by atoms with van der Waals surface area (Å²) >= 11 is 0. The Morgan fingerprint density at radius 2 is 2.06 bits per heavy atom. The molecular weight excluding hydrogens is 238 g/mol. The molecule has 7 heteroatoms. The summed E-state index contributed by atoms with van der Waals surface area (Å²) in [7, 11) is 0. The molecule has 96 valence electrons. The van der Waals surface area contributed by atoms with Gasteiger partial charge in [-0.25, -0.2) is 0 Å². The van der Waals surface area contributed by atoms with Gasteiger partial charge < -0.3 is 15.4 Å². The molecule has 0 bridgehead atoms. The van der Waals surface area contributed by atoms with Crippen LogP contribution in [0.15, 0.2) is 18.2 Å². The van der Waals surface area contributed by atoms with E-state index < -0.39 is 4.92 Å². The number of carbonyl (C=O) groups is 1. The Morgan fingerprint density at radius 3 is 2.61 bits per heavy atom. The molecule has 1 amide bonds. The van der Waals surface area contributed by atoms with E-state index in [0.717, 1.165) is 0 Å². The van der Waals surface area contributed by atoms with Crippen LogP contribution in [0.4, 0.5) is 11.4 Å². The molecule has 1 heterocycles. The van der Waals surface area contributed by atoms with Crippen molar-refractivity contribution >= 4 is 17.3 Å². The van der Waals surface area contributed by atoms with E-state index in [1.807, 2.05) is 0 Å². The van der Waals surface area contributed by atoms with Crippen LogP contribution in [-0.2, 0) is 4.74 Å². The van der Waals surface area contributed by atoms with Gasteiger partial charge in [0.15, 0.2) is 0 Å². The van der Waals surface area contributed by atoms with E-state index in [9.17, 15) is 14.9 Å². The molecule has 1 saturated heterocycles. The van der Waals surface area contributed by atoms with Crippen molar-refractivity contribution in [1.82, 2.24) is 4.90 Å². The van der Waals surface area contributed by atoms with Crippen LogP contribution in [0.3, 0.4) is 0 Å². The second kappa shape index (κ2) is 5.01. The van der Waals surface area contributed by atoms with E-state index in [1.165, 1.54) is 18.2 Å². The summed E-state index contributed by atoms with van der Waals surface area (Å²) in [6.45, 7) is 2.06. The number of rotatable bonds is 2. The Bertz CT molecular complexity index is 483. The zero-order valence-electron chi connectivity index (χ0n) is 9.67. The summed E-state index contributed by atoms with van der Waals surface area (Å²) in [4.78, 5) is 23.8. The molecule has 1 aromatic carbocycles. The third kappa shape index (κ3) is 2.40. The van der Waals surface area contributed by atoms with Crippen LogP contribution in [0.2, 0.25) is 0 Å². The minimum absolute atomic E-state index is 0.000825. The first kappa shape index (κ1) is 12.3. The van der Waals surface area contributed by atoms with Gasteiger partial charge in [-0.1, -0.05) is 0 Å². The lowest BCUT2D eigenvalue weighted by Gasteiger charge is -2.26. The average molecular weight is 251 g/mol. The summed E-state index contributed by atoms with van der Waals surface area (Å²) in [5, 5.41) is 10.6. The van der Waals surface area contributed by atoms with Crippen molar-refractivity contribution in [2.75, 3.05) is 32.0 Å². The summed E-state index contributed by atoms with van der Waals surface area (Å²) in [5.41, 5.74) is 5.73. The summed E-state index contributed by atoms with van der Waals surface area (Å²) in [5.74, 6) is -0.181. The van der Waals surface area contributed by atoms with Crippen LogP contribution < -0.4 is 5.73 Å². The monoisotopic (exact) mass is 251 g/mol. The number of amides is 1. The normalized spacial score (nSPS) is 15.4. The highest BCUT2D eigenvalue weighted by Crippen LogP contribution is 2.22. The minimum atomic E-state index is -0.571. The van der Waals surface area contributed by atoms with Gasteiger partial charge in [-0.2, -0.15) is 0 Å². The number of anilines is 1. The number of nitro groups is 1. The lowest BCUT2D eigenvalue weighted by molar-refractivity contribution is -0.383. The van der Waals surface area contributed by atoms with Gasteiger partial charge in [0, 0.05) is 24.7 Å². The van der Waals surface area contributed by atoms with Gasteiger partial charge in [0.2, 0.25) is 0 Å². The molecule has 2 rings (SSSR count).